The van der Waals surface area contributed by atoms with Crippen molar-refractivity contribution >= 4 is 27.8 Å². The number of para-hydroxylation sites is 1. The third-order valence-corrected chi connectivity index (χ3v) is 5.91. The van der Waals surface area contributed by atoms with Gasteiger partial charge in [-0.05, 0) is 35.7 Å². The van der Waals surface area contributed by atoms with Crippen molar-refractivity contribution in [3.05, 3.63) is 70.8 Å². The molecule has 0 unspecified atom stereocenters. The summed E-state index contributed by atoms with van der Waals surface area (Å²) in [6, 6.07) is 13.1. The third kappa shape index (κ3) is 3.51. The first-order valence-corrected chi connectivity index (χ1v) is 10.2. The van der Waals surface area contributed by atoms with Crippen LogP contribution in [0.3, 0.4) is 0 Å². The number of carbonyl (C=O) groups is 1. The quantitative estimate of drug-likeness (QED) is 0.513. The van der Waals surface area contributed by atoms with Crippen LogP contribution in [0.4, 0.5) is 4.39 Å². The standard InChI is InChI=1S/C24H22FN3O3/c1-31-21-7-6-14(10-17(21)25)11-19-24-23(15-4-2-3-5-18(15)27-24)16-8-9-28(13-22(29)30)12-20(16)26-19/h2-7,10,27H,8-9,11-13H2,1H3,(H,29,30). The van der Waals surface area contributed by atoms with Crippen molar-refractivity contribution in [2.45, 2.75) is 19.4 Å². The molecule has 31 heavy (non-hydrogen) atoms. The SMILES string of the molecule is COc1ccc(Cc2nc3c(c4c2[nH]c2ccccc24)CCN(CC(=O)O)C3)cc1F. The molecule has 0 saturated carbocycles. The fourth-order valence-corrected chi connectivity index (χ4v) is 4.53. The summed E-state index contributed by atoms with van der Waals surface area (Å²) in [7, 11) is 1.44. The number of aromatic amines is 1. The molecule has 0 atom stereocenters. The highest BCUT2D eigenvalue weighted by molar-refractivity contribution is 6.10. The fourth-order valence-electron chi connectivity index (χ4n) is 4.53. The monoisotopic (exact) mass is 419 g/mol. The van der Waals surface area contributed by atoms with Crippen LogP contribution >= 0.6 is 0 Å². The Morgan fingerprint density at radius 2 is 2.13 bits per heavy atom. The van der Waals surface area contributed by atoms with Gasteiger partial charge in [-0.25, -0.2) is 4.39 Å². The molecule has 158 valence electrons. The van der Waals surface area contributed by atoms with Crippen molar-refractivity contribution in [3.8, 4) is 5.75 Å². The van der Waals surface area contributed by atoms with Gasteiger partial charge >= 0.3 is 5.97 Å². The number of hydrogen-bond donors (Lipinski definition) is 2. The van der Waals surface area contributed by atoms with Crippen LogP contribution in [0.5, 0.6) is 5.75 Å². The van der Waals surface area contributed by atoms with Gasteiger partial charge in [0.05, 0.1) is 30.6 Å². The van der Waals surface area contributed by atoms with Crippen LogP contribution in [0.2, 0.25) is 0 Å². The van der Waals surface area contributed by atoms with Gasteiger partial charge in [0.15, 0.2) is 11.6 Å². The molecule has 0 bridgehead atoms. The van der Waals surface area contributed by atoms with E-state index in [1.54, 1.807) is 6.07 Å². The van der Waals surface area contributed by atoms with E-state index in [-0.39, 0.29) is 12.3 Å². The molecule has 0 saturated heterocycles. The van der Waals surface area contributed by atoms with Crippen LogP contribution < -0.4 is 4.74 Å². The first-order chi connectivity index (χ1) is 15.0. The number of carboxylic acids is 1. The summed E-state index contributed by atoms with van der Waals surface area (Å²) < 4.78 is 19.3. The van der Waals surface area contributed by atoms with E-state index in [1.165, 1.54) is 18.7 Å². The Labute approximate surface area is 178 Å². The number of hydrogen-bond acceptors (Lipinski definition) is 4. The zero-order valence-electron chi connectivity index (χ0n) is 17.1. The molecule has 2 aromatic heterocycles. The lowest BCUT2D eigenvalue weighted by molar-refractivity contribution is -0.138. The molecule has 0 radical (unpaired) electrons. The Morgan fingerprint density at radius 3 is 2.90 bits per heavy atom. The number of pyridine rings is 1. The van der Waals surface area contributed by atoms with E-state index >= 15 is 0 Å². The largest absolute Gasteiger partial charge is 0.494 e. The fraction of sp³-hybridized carbons (Fsp3) is 0.250. The normalized spacial score (nSPS) is 14.1. The second-order valence-corrected chi connectivity index (χ2v) is 7.90. The van der Waals surface area contributed by atoms with Gasteiger partial charge in [0.1, 0.15) is 0 Å². The third-order valence-electron chi connectivity index (χ3n) is 5.91. The van der Waals surface area contributed by atoms with Gasteiger partial charge in [-0.3, -0.25) is 14.7 Å². The van der Waals surface area contributed by atoms with Gasteiger partial charge < -0.3 is 14.8 Å². The molecule has 4 aromatic rings. The van der Waals surface area contributed by atoms with E-state index < -0.39 is 11.8 Å². The van der Waals surface area contributed by atoms with Gasteiger partial charge in [-0.1, -0.05) is 24.3 Å². The average Bonchev–Trinajstić information content (AvgIpc) is 3.14. The predicted molar refractivity (Wildman–Crippen MR) is 116 cm³/mol. The number of carboxylic acid groups (broad SMARTS) is 1. The molecule has 0 aliphatic carbocycles. The van der Waals surface area contributed by atoms with E-state index in [0.29, 0.717) is 19.5 Å². The number of nitrogens with zero attached hydrogens (tertiary/aromatic N) is 2. The minimum Gasteiger partial charge on any atom is -0.494 e. The maximum Gasteiger partial charge on any atom is 0.317 e. The number of aliphatic carboxylic acids is 1. The van der Waals surface area contributed by atoms with Gasteiger partial charge in [-0.15, -0.1) is 0 Å². The van der Waals surface area contributed by atoms with Crippen molar-refractivity contribution in [2.75, 3.05) is 20.2 Å². The highest BCUT2D eigenvalue weighted by Crippen LogP contribution is 2.35. The number of aromatic nitrogens is 2. The van der Waals surface area contributed by atoms with Crippen LogP contribution in [0.25, 0.3) is 21.8 Å². The first kappa shape index (κ1) is 19.5. The Morgan fingerprint density at radius 1 is 1.29 bits per heavy atom. The van der Waals surface area contributed by atoms with E-state index in [1.807, 2.05) is 29.2 Å². The molecule has 0 amide bonds. The highest BCUT2D eigenvalue weighted by atomic mass is 19.1. The van der Waals surface area contributed by atoms with E-state index in [2.05, 4.69) is 11.1 Å². The summed E-state index contributed by atoms with van der Waals surface area (Å²) in [4.78, 5) is 21.6. The summed E-state index contributed by atoms with van der Waals surface area (Å²) in [6.45, 7) is 1.16. The second-order valence-electron chi connectivity index (χ2n) is 7.90. The Hall–Kier alpha value is -3.45. The zero-order chi connectivity index (χ0) is 21.5. The molecule has 6 nitrogen and oxygen atoms in total. The van der Waals surface area contributed by atoms with E-state index in [0.717, 1.165) is 45.2 Å². The molecule has 1 aliphatic heterocycles. The number of nitrogens with one attached hydrogen (secondary N) is 1. The molecule has 7 heteroatoms. The van der Waals surface area contributed by atoms with E-state index in [4.69, 9.17) is 9.72 Å². The summed E-state index contributed by atoms with van der Waals surface area (Å²) >= 11 is 0. The summed E-state index contributed by atoms with van der Waals surface area (Å²) in [5.74, 6) is -1.04. The number of benzene rings is 2. The predicted octanol–water partition coefficient (Wildman–Crippen LogP) is 3.90. The van der Waals surface area contributed by atoms with Crippen molar-refractivity contribution in [2.24, 2.45) is 0 Å². The Kier molecular flexibility index (Phi) is 4.82. The minimum atomic E-state index is -0.842. The molecule has 2 aromatic carbocycles. The number of fused-ring (bicyclic) bond motifs is 5. The molecule has 5 rings (SSSR count). The van der Waals surface area contributed by atoms with Crippen molar-refractivity contribution in [3.63, 3.8) is 0 Å². The van der Waals surface area contributed by atoms with Crippen LogP contribution in [0.15, 0.2) is 42.5 Å². The number of H-pyrrole nitrogens is 1. The maximum atomic E-state index is 14.3. The summed E-state index contributed by atoms with van der Waals surface area (Å²) in [6.07, 6.45) is 1.20. The van der Waals surface area contributed by atoms with Crippen LogP contribution in [0, 0.1) is 5.82 Å². The molecule has 0 fully saturated rings. The minimum absolute atomic E-state index is 0.00787. The van der Waals surface area contributed by atoms with Gasteiger partial charge in [0.2, 0.25) is 0 Å². The van der Waals surface area contributed by atoms with Crippen molar-refractivity contribution in [1.29, 1.82) is 0 Å². The summed E-state index contributed by atoms with van der Waals surface area (Å²) in [5.41, 5.74) is 5.67. The molecule has 0 spiro atoms. The highest BCUT2D eigenvalue weighted by Gasteiger charge is 2.25. The zero-order valence-corrected chi connectivity index (χ0v) is 17.1. The molecule has 1 aliphatic rings. The molecule has 2 N–H and O–H groups in total. The number of ether oxygens (including phenoxy) is 1. The average molecular weight is 419 g/mol. The number of methoxy groups -OCH3 is 1. The first-order valence-electron chi connectivity index (χ1n) is 10.2. The number of halogens is 1. The maximum absolute atomic E-state index is 14.3. The van der Waals surface area contributed by atoms with E-state index in [9.17, 15) is 14.3 Å². The topological polar surface area (TPSA) is 78.5 Å². The molecule has 3 heterocycles. The number of rotatable bonds is 5. The second kappa shape index (κ2) is 7.67. The van der Waals surface area contributed by atoms with Crippen molar-refractivity contribution < 1.29 is 19.0 Å². The smallest absolute Gasteiger partial charge is 0.317 e. The van der Waals surface area contributed by atoms with Crippen LogP contribution in [0.1, 0.15) is 22.5 Å². The molecular weight excluding hydrogens is 397 g/mol. The van der Waals surface area contributed by atoms with Crippen LogP contribution in [-0.4, -0.2) is 46.1 Å². The van der Waals surface area contributed by atoms with Crippen LogP contribution in [-0.2, 0) is 24.2 Å². The summed E-state index contributed by atoms with van der Waals surface area (Å²) in [5, 5.41) is 11.5. The van der Waals surface area contributed by atoms with Gasteiger partial charge in [-0.2, -0.15) is 0 Å². The lowest BCUT2D eigenvalue weighted by atomic mass is 9.96. The van der Waals surface area contributed by atoms with Gasteiger partial charge in [0, 0.05) is 35.8 Å². The lowest BCUT2D eigenvalue weighted by Gasteiger charge is -2.27. The Bertz CT molecular complexity index is 1310. The van der Waals surface area contributed by atoms with Gasteiger partial charge in [0.25, 0.3) is 0 Å². The molecular formula is C24H22FN3O3. The Balaban J connectivity index is 1.65. The van der Waals surface area contributed by atoms with Crippen molar-refractivity contribution in [1.82, 2.24) is 14.9 Å². The lowest BCUT2D eigenvalue weighted by Crippen LogP contribution is -2.35.